The highest BCUT2D eigenvalue weighted by atomic mass is 16.5. The molecule has 3 aromatic heterocycles. The first-order valence-electron chi connectivity index (χ1n) is 13.0. The lowest BCUT2D eigenvalue weighted by Gasteiger charge is -2.09. The van der Waals surface area contributed by atoms with Crippen LogP contribution in [0.4, 0.5) is 0 Å². The number of aromatic nitrogens is 5. The first-order chi connectivity index (χ1) is 19.0. The zero-order chi connectivity index (χ0) is 26.9. The Bertz CT molecular complexity index is 1710. The van der Waals surface area contributed by atoms with Gasteiger partial charge in [0.15, 0.2) is 0 Å². The van der Waals surface area contributed by atoms with Gasteiger partial charge in [-0.3, -0.25) is 4.79 Å². The molecule has 0 aliphatic heterocycles. The fourth-order valence-corrected chi connectivity index (χ4v) is 5.13. The Balaban J connectivity index is 1.20. The molecule has 0 radical (unpaired) electrons. The minimum absolute atomic E-state index is 0.0858. The zero-order valence-electron chi connectivity index (χ0n) is 21.8. The summed E-state index contributed by atoms with van der Waals surface area (Å²) in [6, 6.07) is 14.3. The van der Waals surface area contributed by atoms with Crippen LogP contribution in [0.2, 0.25) is 0 Å². The summed E-state index contributed by atoms with van der Waals surface area (Å²) in [5.41, 5.74) is 7.55. The van der Waals surface area contributed by atoms with E-state index in [0.29, 0.717) is 46.8 Å². The summed E-state index contributed by atoms with van der Waals surface area (Å²) in [6.07, 6.45) is 5.43. The number of hydrogen-bond acceptors (Lipinski definition) is 7. The summed E-state index contributed by atoms with van der Waals surface area (Å²) >= 11 is 0. The molecule has 1 amide bonds. The van der Waals surface area contributed by atoms with E-state index in [4.69, 9.17) is 9.72 Å². The van der Waals surface area contributed by atoms with Gasteiger partial charge in [-0.25, -0.2) is 19.9 Å². The van der Waals surface area contributed by atoms with Gasteiger partial charge in [-0.2, -0.15) is 0 Å². The molecule has 196 valence electrons. The summed E-state index contributed by atoms with van der Waals surface area (Å²) in [4.78, 5) is 34.4. The van der Waals surface area contributed by atoms with Crippen LogP contribution in [0.25, 0.3) is 33.5 Å². The van der Waals surface area contributed by atoms with Crippen molar-refractivity contribution in [1.29, 1.82) is 0 Å². The van der Waals surface area contributed by atoms with Gasteiger partial charge in [0, 0.05) is 41.7 Å². The second-order valence-corrected chi connectivity index (χ2v) is 9.62. The second-order valence-electron chi connectivity index (χ2n) is 9.62. The topological polar surface area (TPSA) is 126 Å². The van der Waals surface area contributed by atoms with Gasteiger partial charge in [0.1, 0.15) is 17.4 Å². The van der Waals surface area contributed by atoms with Gasteiger partial charge in [-0.1, -0.05) is 6.07 Å². The van der Waals surface area contributed by atoms with Crippen molar-refractivity contribution in [3.63, 3.8) is 0 Å². The minimum atomic E-state index is -0.181. The van der Waals surface area contributed by atoms with E-state index in [1.165, 1.54) is 5.56 Å². The van der Waals surface area contributed by atoms with Crippen LogP contribution in [0.15, 0.2) is 54.7 Å². The largest absolute Gasteiger partial charge is 0.507 e. The number of ether oxygens (including phenoxy) is 1. The quantitative estimate of drug-likeness (QED) is 0.287. The molecule has 0 bridgehead atoms. The van der Waals surface area contributed by atoms with Crippen LogP contribution in [0.3, 0.4) is 0 Å². The molecule has 6 rings (SSSR count). The number of phenolic OH excluding ortho intramolecular Hbond substituents is 1. The van der Waals surface area contributed by atoms with Crippen molar-refractivity contribution in [1.82, 2.24) is 30.2 Å². The maximum absolute atomic E-state index is 12.9. The Morgan fingerprint density at radius 2 is 1.97 bits per heavy atom. The lowest BCUT2D eigenvalue weighted by molar-refractivity contribution is 0.0954. The van der Waals surface area contributed by atoms with Crippen LogP contribution in [-0.2, 0) is 19.3 Å². The third-order valence-electron chi connectivity index (χ3n) is 7.09. The van der Waals surface area contributed by atoms with Crippen LogP contribution in [0.5, 0.6) is 11.6 Å². The van der Waals surface area contributed by atoms with Crippen molar-refractivity contribution < 1.29 is 14.6 Å². The number of hydrogen-bond donors (Lipinski definition) is 3. The number of nitrogens with one attached hydrogen (secondary N) is 2. The maximum Gasteiger partial charge on any atom is 0.251 e. The molecule has 5 aromatic rings. The van der Waals surface area contributed by atoms with Crippen LogP contribution in [0, 0.1) is 6.92 Å². The second kappa shape index (κ2) is 10.2. The van der Waals surface area contributed by atoms with Crippen LogP contribution < -0.4 is 10.1 Å². The number of fused-ring (bicyclic) bond motifs is 2. The fraction of sp³-hybridized carbons (Fsp3) is 0.233. The van der Waals surface area contributed by atoms with Gasteiger partial charge in [0.25, 0.3) is 5.91 Å². The van der Waals surface area contributed by atoms with Gasteiger partial charge in [-0.15, -0.1) is 0 Å². The molecule has 0 fully saturated rings. The average Bonchev–Trinajstić information content (AvgIpc) is 3.60. The molecule has 0 spiro atoms. The third kappa shape index (κ3) is 4.79. The highest BCUT2D eigenvalue weighted by Gasteiger charge is 2.18. The molecule has 0 unspecified atom stereocenters. The van der Waals surface area contributed by atoms with Crippen molar-refractivity contribution in [3.8, 4) is 34.1 Å². The van der Waals surface area contributed by atoms with Gasteiger partial charge >= 0.3 is 0 Å². The molecule has 3 heterocycles. The van der Waals surface area contributed by atoms with E-state index >= 15 is 0 Å². The SMILES string of the molecule is COc1ncccc1-c1ccc(O)c(-c2nc3ccc(C(=O)NCCc4nc(C)c5c(n4)CCC5)cc3[nH]2)c1. The predicted molar refractivity (Wildman–Crippen MR) is 148 cm³/mol. The molecule has 3 N–H and O–H groups in total. The van der Waals surface area contributed by atoms with E-state index in [1.807, 2.05) is 25.1 Å². The Kier molecular flexibility index (Phi) is 6.40. The van der Waals surface area contributed by atoms with E-state index in [9.17, 15) is 9.90 Å². The molecular weight excluding hydrogens is 492 g/mol. The van der Waals surface area contributed by atoms with Crippen molar-refractivity contribution >= 4 is 16.9 Å². The number of pyridine rings is 1. The maximum atomic E-state index is 12.9. The van der Waals surface area contributed by atoms with E-state index in [-0.39, 0.29) is 11.7 Å². The number of amides is 1. The summed E-state index contributed by atoms with van der Waals surface area (Å²) in [5.74, 6) is 1.66. The van der Waals surface area contributed by atoms with E-state index in [0.717, 1.165) is 47.6 Å². The lowest BCUT2D eigenvalue weighted by Crippen LogP contribution is -2.26. The molecule has 1 aliphatic carbocycles. The number of nitrogens with zero attached hydrogens (tertiary/aromatic N) is 4. The van der Waals surface area contributed by atoms with Crippen LogP contribution >= 0.6 is 0 Å². The molecule has 2 aromatic carbocycles. The van der Waals surface area contributed by atoms with Crippen LogP contribution in [-0.4, -0.2) is 49.6 Å². The molecule has 1 aliphatic rings. The number of benzene rings is 2. The van der Waals surface area contributed by atoms with E-state index in [2.05, 4.69) is 25.3 Å². The Labute approximate surface area is 225 Å². The van der Waals surface area contributed by atoms with Crippen molar-refractivity contribution in [2.75, 3.05) is 13.7 Å². The van der Waals surface area contributed by atoms with Gasteiger partial charge < -0.3 is 20.1 Å². The smallest absolute Gasteiger partial charge is 0.251 e. The van der Waals surface area contributed by atoms with Crippen molar-refractivity contribution in [3.05, 3.63) is 83.1 Å². The number of carbonyl (C=O) groups excluding carboxylic acids is 1. The molecule has 0 atom stereocenters. The number of aromatic amines is 1. The summed E-state index contributed by atoms with van der Waals surface area (Å²) in [6.45, 7) is 2.48. The van der Waals surface area contributed by atoms with E-state index < -0.39 is 0 Å². The van der Waals surface area contributed by atoms with Gasteiger partial charge in [0.2, 0.25) is 5.88 Å². The Hall–Kier alpha value is -4.79. The number of phenols is 1. The Morgan fingerprint density at radius 1 is 1.08 bits per heavy atom. The highest BCUT2D eigenvalue weighted by Crippen LogP contribution is 2.35. The molecule has 39 heavy (non-hydrogen) atoms. The van der Waals surface area contributed by atoms with Crippen LogP contribution in [0.1, 0.15) is 39.6 Å². The average molecular weight is 521 g/mol. The fourth-order valence-electron chi connectivity index (χ4n) is 5.13. The number of methoxy groups -OCH3 is 1. The normalized spacial score (nSPS) is 12.5. The van der Waals surface area contributed by atoms with Crippen molar-refractivity contribution in [2.24, 2.45) is 0 Å². The first-order valence-corrected chi connectivity index (χ1v) is 13.0. The molecule has 9 nitrogen and oxygen atoms in total. The summed E-state index contributed by atoms with van der Waals surface area (Å²) in [7, 11) is 1.57. The summed E-state index contributed by atoms with van der Waals surface area (Å²) in [5, 5.41) is 13.6. The van der Waals surface area contributed by atoms with Gasteiger partial charge in [0.05, 0.1) is 23.7 Å². The number of aromatic hydroxyl groups is 1. The molecular formula is C30H28N6O3. The lowest BCUT2D eigenvalue weighted by atomic mass is 10.0. The monoisotopic (exact) mass is 520 g/mol. The minimum Gasteiger partial charge on any atom is -0.507 e. The Morgan fingerprint density at radius 3 is 2.85 bits per heavy atom. The van der Waals surface area contributed by atoms with E-state index in [1.54, 1.807) is 43.6 Å². The molecule has 0 saturated carbocycles. The third-order valence-corrected chi connectivity index (χ3v) is 7.09. The number of carbonyl (C=O) groups is 1. The molecule has 9 heteroatoms. The number of rotatable bonds is 7. The number of aryl methyl sites for hydroxylation is 2. The standard InChI is InChI=1S/C30H28N6O3/c1-17-20-5-3-7-23(20)34-27(33-17)12-14-31-29(38)19-8-10-24-25(16-19)36-28(35-24)22-15-18(9-11-26(22)37)21-6-4-13-32-30(21)39-2/h4,6,8-11,13,15-16,37H,3,5,7,12,14H2,1-2H3,(H,31,38)(H,35,36). The van der Waals surface area contributed by atoms with Crippen molar-refractivity contribution in [2.45, 2.75) is 32.6 Å². The number of imidazole rings is 1. The zero-order valence-corrected chi connectivity index (χ0v) is 21.8. The summed E-state index contributed by atoms with van der Waals surface area (Å²) < 4.78 is 5.39. The highest BCUT2D eigenvalue weighted by molar-refractivity contribution is 5.97. The first kappa shape index (κ1) is 24.5. The molecule has 0 saturated heterocycles. The number of H-pyrrole nitrogens is 1. The predicted octanol–water partition coefficient (Wildman–Crippen LogP) is 4.57. The van der Waals surface area contributed by atoms with Gasteiger partial charge in [-0.05, 0) is 79.8 Å².